The van der Waals surface area contributed by atoms with Crippen molar-refractivity contribution < 1.29 is 22.7 Å². The number of alkyl halides is 3. The average Bonchev–Trinajstić information content (AvgIpc) is 2.80. The highest BCUT2D eigenvalue weighted by Crippen LogP contribution is 2.34. The van der Waals surface area contributed by atoms with Crippen LogP contribution in [0.5, 0.6) is 0 Å². The molecule has 0 unspecified atom stereocenters. The molecule has 5 nitrogen and oxygen atoms in total. The summed E-state index contributed by atoms with van der Waals surface area (Å²) in [6.07, 6.45) is -2.71. The molecule has 10 heteroatoms. The molecule has 0 aliphatic carbocycles. The van der Waals surface area contributed by atoms with Gasteiger partial charge in [0.15, 0.2) is 5.16 Å². The Hall–Kier alpha value is -2.72. The van der Waals surface area contributed by atoms with Gasteiger partial charge in [-0.2, -0.15) is 13.2 Å². The van der Waals surface area contributed by atoms with Crippen molar-refractivity contribution in [3.8, 4) is 0 Å². The third kappa shape index (κ3) is 5.95. The number of ether oxygens (including phenoxy) is 1. The third-order valence-corrected chi connectivity index (χ3v) is 6.01. The van der Waals surface area contributed by atoms with E-state index in [4.69, 9.17) is 4.74 Å². The minimum absolute atomic E-state index is 0.0404. The monoisotopic (exact) mass is 479 g/mol. The SMILES string of the molecule is COC(=O)c1c(NCc2ccccc2C(F)(F)F)nc(SC)nc1SCc1ccccc1. The molecule has 0 aliphatic heterocycles. The number of benzene rings is 2. The Morgan fingerprint density at radius 1 is 1.06 bits per heavy atom. The van der Waals surface area contributed by atoms with Crippen LogP contribution in [0.25, 0.3) is 0 Å². The van der Waals surface area contributed by atoms with E-state index in [1.165, 1.54) is 48.8 Å². The average molecular weight is 480 g/mol. The first kappa shape index (κ1) is 23.9. The standard InChI is InChI=1S/C22H20F3N3O2S2/c1-30-20(29)17-18(26-12-15-10-6-7-11-16(15)22(23,24)25)27-21(31-2)28-19(17)32-13-14-8-4-3-5-9-14/h3-11H,12-13H2,1-2H3,(H,26,27,28). The zero-order chi connectivity index (χ0) is 23.1. The van der Waals surface area contributed by atoms with Crippen LogP contribution in [-0.4, -0.2) is 29.3 Å². The number of methoxy groups -OCH3 is 1. The molecule has 3 rings (SSSR count). The fraction of sp³-hybridized carbons (Fsp3) is 0.227. The molecule has 168 valence electrons. The van der Waals surface area contributed by atoms with Crippen molar-refractivity contribution in [2.45, 2.75) is 28.7 Å². The van der Waals surface area contributed by atoms with Gasteiger partial charge in [-0.05, 0) is 23.4 Å². The molecule has 0 bridgehead atoms. The van der Waals surface area contributed by atoms with E-state index in [2.05, 4.69) is 15.3 Å². The quantitative estimate of drug-likeness (QED) is 0.187. The van der Waals surface area contributed by atoms with E-state index in [1.54, 1.807) is 6.26 Å². The maximum Gasteiger partial charge on any atom is 0.416 e. The molecule has 0 atom stereocenters. The second-order valence-corrected chi connectivity index (χ2v) is 8.25. The smallest absolute Gasteiger partial charge is 0.416 e. The molecule has 0 amide bonds. The Labute approximate surface area is 192 Å². The van der Waals surface area contributed by atoms with Gasteiger partial charge in [-0.15, -0.1) is 11.8 Å². The molecule has 0 saturated heterocycles. The summed E-state index contributed by atoms with van der Waals surface area (Å²) in [5, 5.41) is 3.68. The van der Waals surface area contributed by atoms with Crippen LogP contribution in [0.4, 0.5) is 19.0 Å². The first-order valence-corrected chi connectivity index (χ1v) is 11.6. The molecule has 1 N–H and O–H groups in total. The summed E-state index contributed by atoms with van der Waals surface area (Å²) >= 11 is 2.60. The number of rotatable bonds is 8. The van der Waals surface area contributed by atoms with E-state index in [1.807, 2.05) is 30.3 Å². The number of carbonyl (C=O) groups excluding carboxylic acids is 1. The van der Waals surface area contributed by atoms with Crippen LogP contribution in [0.2, 0.25) is 0 Å². The number of nitrogens with zero attached hydrogens (tertiary/aromatic N) is 2. The van der Waals surface area contributed by atoms with Gasteiger partial charge < -0.3 is 10.1 Å². The molecule has 3 aromatic rings. The first-order valence-electron chi connectivity index (χ1n) is 9.43. The summed E-state index contributed by atoms with van der Waals surface area (Å²) in [6, 6.07) is 14.9. The number of aromatic nitrogens is 2. The zero-order valence-corrected chi connectivity index (χ0v) is 18.9. The number of esters is 1. The van der Waals surface area contributed by atoms with Crippen LogP contribution in [0.3, 0.4) is 0 Å². The lowest BCUT2D eigenvalue weighted by Crippen LogP contribution is -2.16. The number of halogens is 3. The largest absolute Gasteiger partial charge is 0.465 e. The fourth-order valence-electron chi connectivity index (χ4n) is 2.89. The lowest BCUT2D eigenvalue weighted by molar-refractivity contribution is -0.138. The van der Waals surface area contributed by atoms with Gasteiger partial charge in [0.2, 0.25) is 0 Å². The lowest BCUT2D eigenvalue weighted by Gasteiger charge is -2.16. The van der Waals surface area contributed by atoms with Crippen molar-refractivity contribution in [1.82, 2.24) is 9.97 Å². The highest BCUT2D eigenvalue weighted by molar-refractivity contribution is 7.99. The van der Waals surface area contributed by atoms with Crippen LogP contribution in [-0.2, 0) is 23.2 Å². The predicted octanol–water partition coefficient (Wildman–Crippen LogP) is 5.91. The summed E-state index contributed by atoms with van der Waals surface area (Å²) in [7, 11) is 1.24. The Balaban J connectivity index is 1.95. The highest BCUT2D eigenvalue weighted by atomic mass is 32.2. The van der Waals surface area contributed by atoms with Crippen LogP contribution < -0.4 is 5.32 Å². The van der Waals surface area contributed by atoms with Crippen molar-refractivity contribution in [2.75, 3.05) is 18.7 Å². The minimum Gasteiger partial charge on any atom is -0.465 e. The van der Waals surface area contributed by atoms with Crippen LogP contribution in [0.1, 0.15) is 27.0 Å². The minimum atomic E-state index is -4.49. The van der Waals surface area contributed by atoms with E-state index >= 15 is 0 Å². The van der Waals surface area contributed by atoms with E-state index in [0.717, 1.165) is 11.6 Å². The Morgan fingerprint density at radius 3 is 2.41 bits per heavy atom. The topological polar surface area (TPSA) is 64.1 Å². The summed E-state index contributed by atoms with van der Waals surface area (Å²) in [5.41, 5.74) is 0.422. The zero-order valence-electron chi connectivity index (χ0n) is 17.3. The molecule has 32 heavy (non-hydrogen) atoms. The molecule has 0 radical (unpaired) electrons. The summed E-state index contributed by atoms with van der Waals surface area (Å²) in [4.78, 5) is 21.3. The van der Waals surface area contributed by atoms with Gasteiger partial charge in [-0.1, -0.05) is 60.3 Å². The Bertz CT molecular complexity index is 1080. The number of anilines is 1. The molecule has 0 saturated carbocycles. The number of hydrogen-bond acceptors (Lipinski definition) is 7. The molecule has 2 aromatic carbocycles. The maximum atomic E-state index is 13.3. The molecule has 0 aliphatic rings. The van der Waals surface area contributed by atoms with Crippen molar-refractivity contribution >= 4 is 35.3 Å². The van der Waals surface area contributed by atoms with Gasteiger partial charge in [-0.25, -0.2) is 14.8 Å². The van der Waals surface area contributed by atoms with E-state index < -0.39 is 17.7 Å². The second-order valence-electron chi connectivity index (χ2n) is 6.51. The van der Waals surface area contributed by atoms with Gasteiger partial charge >= 0.3 is 12.1 Å². The number of hydrogen-bond donors (Lipinski definition) is 1. The van der Waals surface area contributed by atoms with E-state index in [-0.39, 0.29) is 23.5 Å². The number of thioether (sulfide) groups is 2. The van der Waals surface area contributed by atoms with Crippen molar-refractivity contribution in [1.29, 1.82) is 0 Å². The summed E-state index contributed by atoms with van der Waals surface area (Å²) in [5.74, 6) is 0.00926. The Morgan fingerprint density at radius 2 is 1.75 bits per heavy atom. The fourth-order valence-corrected chi connectivity index (χ4v) is 4.28. The first-order chi connectivity index (χ1) is 15.3. The van der Waals surface area contributed by atoms with Gasteiger partial charge in [0, 0.05) is 12.3 Å². The second kappa shape index (κ2) is 10.7. The van der Waals surface area contributed by atoms with Crippen LogP contribution in [0, 0.1) is 0 Å². The number of carbonyl (C=O) groups is 1. The van der Waals surface area contributed by atoms with Gasteiger partial charge in [0.1, 0.15) is 16.4 Å². The van der Waals surface area contributed by atoms with Crippen molar-refractivity contribution in [3.05, 3.63) is 76.9 Å². The number of nitrogens with one attached hydrogen (secondary N) is 1. The van der Waals surface area contributed by atoms with Crippen molar-refractivity contribution in [3.63, 3.8) is 0 Å². The van der Waals surface area contributed by atoms with Gasteiger partial charge in [-0.3, -0.25) is 0 Å². The van der Waals surface area contributed by atoms with E-state index in [0.29, 0.717) is 15.9 Å². The van der Waals surface area contributed by atoms with Gasteiger partial charge in [0.25, 0.3) is 0 Å². The normalized spacial score (nSPS) is 11.3. The molecular formula is C22H20F3N3O2S2. The molecule has 1 heterocycles. The maximum absolute atomic E-state index is 13.3. The molecule has 0 spiro atoms. The third-order valence-electron chi connectivity index (χ3n) is 4.41. The van der Waals surface area contributed by atoms with E-state index in [9.17, 15) is 18.0 Å². The van der Waals surface area contributed by atoms with Gasteiger partial charge in [0.05, 0.1) is 12.7 Å². The lowest BCUT2D eigenvalue weighted by atomic mass is 10.1. The summed E-state index contributed by atoms with van der Waals surface area (Å²) in [6.45, 7) is -0.173. The predicted molar refractivity (Wildman–Crippen MR) is 120 cm³/mol. The molecule has 0 fully saturated rings. The molecule has 1 aromatic heterocycles. The highest BCUT2D eigenvalue weighted by Gasteiger charge is 2.33. The summed E-state index contributed by atoms with van der Waals surface area (Å²) < 4.78 is 45.0. The molecular weight excluding hydrogens is 459 g/mol. The van der Waals surface area contributed by atoms with Crippen LogP contribution in [0.15, 0.2) is 64.8 Å². The van der Waals surface area contributed by atoms with Crippen LogP contribution >= 0.6 is 23.5 Å². The van der Waals surface area contributed by atoms with Crippen molar-refractivity contribution in [2.24, 2.45) is 0 Å². The Kier molecular flexibility index (Phi) is 8.03.